The first-order chi connectivity index (χ1) is 7.87. The van der Waals surface area contributed by atoms with Crippen molar-refractivity contribution in [2.75, 3.05) is 19.6 Å². The van der Waals surface area contributed by atoms with Crippen LogP contribution in [-0.2, 0) is 4.79 Å². The van der Waals surface area contributed by atoms with Crippen LogP contribution in [0.1, 0.15) is 34.1 Å². The van der Waals surface area contributed by atoms with Crippen molar-refractivity contribution in [2.24, 2.45) is 10.4 Å². The number of hydrogen-bond donors (Lipinski definition) is 2. The van der Waals surface area contributed by atoms with Crippen LogP contribution >= 0.6 is 11.8 Å². The van der Waals surface area contributed by atoms with Crippen molar-refractivity contribution >= 4 is 22.8 Å². The lowest BCUT2D eigenvalue weighted by Crippen LogP contribution is -2.32. The van der Waals surface area contributed by atoms with E-state index in [1.165, 1.54) is 13.3 Å². The number of thioether (sulfide) groups is 1. The first-order valence-corrected chi connectivity index (χ1v) is 6.94. The van der Waals surface area contributed by atoms with Crippen molar-refractivity contribution in [1.82, 2.24) is 10.6 Å². The number of carbonyl (C=O) groups excluding carboxylic acids is 1. The smallest absolute Gasteiger partial charge is 0.216 e. The molecule has 17 heavy (non-hydrogen) atoms. The summed E-state index contributed by atoms with van der Waals surface area (Å²) in [4.78, 5) is 15.1. The highest BCUT2D eigenvalue weighted by molar-refractivity contribution is 8.14. The van der Waals surface area contributed by atoms with Crippen molar-refractivity contribution in [3.8, 4) is 0 Å². The number of amidine groups is 1. The SMILES string of the molecule is CC(=O)NCCNC1=NCC(CC(C)(C)C)S1. The number of rotatable bonds is 4. The molecule has 2 N–H and O–H groups in total. The molecular weight excluding hydrogens is 234 g/mol. The van der Waals surface area contributed by atoms with E-state index in [9.17, 15) is 4.79 Å². The van der Waals surface area contributed by atoms with Gasteiger partial charge in [0.2, 0.25) is 5.91 Å². The molecule has 1 unspecified atom stereocenters. The molecule has 0 bridgehead atoms. The third-order valence-corrected chi connectivity index (χ3v) is 3.48. The zero-order valence-corrected chi connectivity index (χ0v) is 12.0. The van der Waals surface area contributed by atoms with Crippen molar-refractivity contribution < 1.29 is 4.79 Å². The average molecular weight is 257 g/mol. The van der Waals surface area contributed by atoms with Gasteiger partial charge in [-0.3, -0.25) is 9.79 Å². The van der Waals surface area contributed by atoms with Gasteiger partial charge in [0.25, 0.3) is 0 Å². The molecule has 0 fully saturated rings. The van der Waals surface area contributed by atoms with Crippen LogP contribution in [0.2, 0.25) is 0 Å². The second-order valence-corrected chi connectivity index (χ2v) is 6.85. The molecule has 4 nitrogen and oxygen atoms in total. The minimum atomic E-state index is 0.0124. The summed E-state index contributed by atoms with van der Waals surface area (Å²) in [6.45, 7) is 10.6. The Morgan fingerprint density at radius 2 is 2.18 bits per heavy atom. The van der Waals surface area contributed by atoms with Gasteiger partial charge in [-0.15, -0.1) is 0 Å². The summed E-state index contributed by atoms with van der Waals surface area (Å²) < 4.78 is 0. The molecule has 0 saturated heterocycles. The molecule has 0 aromatic carbocycles. The van der Waals surface area contributed by atoms with E-state index >= 15 is 0 Å². The first kappa shape index (κ1) is 14.4. The number of hydrogen-bond acceptors (Lipinski definition) is 4. The number of carbonyl (C=O) groups is 1. The summed E-state index contributed by atoms with van der Waals surface area (Å²) in [7, 11) is 0. The molecule has 1 amide bonds. The van der Waals surface area contributed by atoms with Crippen molar-refractivity contribution in [1.29, 1.82) is 0 Å². The minimum absolute atomic E-state index is 0.0124. The summed E-state index contributed by atoms with van der Waals surface area (Å²) in [5.74, 6) is 0.0124. The summed E-state index contributed by atoms with van der Waals surface area (Å²) in [5, 5.41) is 7.62. The first-order valence-electron chi connectivity index (χ1n) is 6.06. The Balaban J connectivity index is 2.15. The van der Waals surface area contributed by atoms with Gasteiger partial charge in [-0.25, -0.2) is 0 Å². The molecule has 0 saturated carbocycles. The normalized spacial score (nSPS) is 20.0. The molecule has 98 valence electrons. The summed E-state index contributed by atoms with van der Waals surface area (Å²) in [5.41, 5.74) is 0.360. The van der Waals surface area contributed by atoms with Gasteiger partial charge in [-0.1, -0.05) is 32.5 Å². The highest BCUT2D eigenvalue weighted by Gasteiger charge is 2.24. The highest BCUT2D eigenvalue weighted by Crippen LogP contribution is 2.31. The molecule has 0 aromatic heterocycles. The largest absolute Gasteiger partial charge is 0.363 e. The fraction of sp³-hybridized carbons (Fsp3) is 0.833. The van der Waals surface area contributed by atoms with Crippen molar-refractivity contribution in [3.05, 3.63) is 0 Å². The van der Waals surface area contributed by atoms with Crippen LogP contribution in [0.5, 0.6) is 0 Å². The zero-order chi connectivity index (χ0) is 12.9. The molecule has 1 atom stereocenters. The second-order valence-electron chi connectivity index (χ2n) is 5.56. The van der Waals surface area contributed by atoms with Crippen molar-refractivity contribution in [2.45, 2.75) is 39.4 Å². The van der Waals surface area contributed by atoms with Crippen LogP contribution in [0.4, 0.5) is 0 Å². The Morgan fingerprint density at radius 3 is 2.76 bits per heavy atom. The Kier molecular flexibility index (Phi) is 5.31. The third-order valence-electron chi connectivity index (χ3n) is 2.33. The van der Waals surface area contributed by atoms with E-state index in [0.29, 0.717) is 17.2 Å². The minimum Gasteiger partial charge on any atom is -0.363 e. The fourth-order valence-corrected chi connectivity index (χ4v) is 3.09. The number of nitrogens with zero attached hydrogens (tertiary/aromatic N) is 1. The zero-order valence-electron chi connectivity index (χ0n) is 11.2. The number of aliphatic imine (C=N–C) groups is 1. The molecule has 0 aliphatic carbocycles. The summed E-state index contributed by atoms with van der Waals surface area (Å²) >= 11 is 1.82. The van der Waals surface area contributed by atoms with Gasteiger partial charge in [0.1, 0.15) is 0 Å². The predicted molar refractivity (Wildman–Crippen MR) is 74.4 cm³/mol. The number of amides is 1. The Hall–Kier alpha value is -0.710. The van der Waals surface area contributed by atoms with E-state index in [1.807, 2.05) is 11.8 Å². The molecular formula is C12H23N3OS. The monoisotopic (exact) mass is 257 g/mol. The van der Waals surface area contributed by atoms with E-state index in [-0.39, 0.29) is 5.91 Å². The molecule has 0 aromatic rings. The van der Waals surface area contributed by atoms with Crippen LogP contribution in [0.25, 0.3) is 0 Å². The molecule has 1 heterocycles. The molecule has 1 aliphatic heterocycles. The van der Waals surface area contributed by atoms with Gasteiger partial charge in [0.15, 0.2) is 5.17 Å². The van der Waals surface area contributed by atoms with Gasteiger partial charge in [0.05, 0.1) is 6.54 Å². The summed E-state index contributed by atoms with van der Waals surface area (Å²) in [6, 6.07) is 0. The van der Waals surface area contributed by atoms with Crippen LogP contribution in [-0.4, -0.2) is 36.0 Å². The quantitative estimate of drug-likeness (QED) is 0.753. The van der Waals surface area contributed by atoms with E-state index in [1.54, 1.807) is 0 Å². The van der Waals surface area contributed by atoms with E-state index < -0.39 is 0 Å². The topological polar surface area (TPSA) is 53.5 Å². The number of nitrogens with one attached hydrogen (secondary N) is 2. The van der Waals surface area contributed by atoms with E-state index in [0.717, 1.165) is 18.3 Å². The molecule has 0 spiro atoms. The van der Waals surface area contributed by atoms with Crippen molar-refractivity contribution in [3.63, 3.8) is 0 Å². The fourth-order valence-electron chi connectivity index (χ4n) is 1.71. The van der Waals surface area contributed by atoms with E-state index in [4.69, 9.17) is 0 Å². The third kappa shape index (κ3) is 6.56. The molecule has 0 radical (unpaired) electrons. The van der Waals surface area contributed by atoms with Crippen LogP contribution in [0.15, 0.2) is 4.99 Å². The highest BCUT2D eigenvalue weighted by atomic mass is 32.2. The predicted octanol–water partition coefficient (Wildman–Crippen LogP) is 1.62. The molecule has 1 rings (SSSR count). The van der Waals surface area contributed by atoms with E-state index in [2.05, 4.69) is 36.4 Å². The average Bonchev–Trinajstić information content (AvgIpc) is 2.57. The Bertz CT molecular complexity index is 297. The maximum atomic E-state index is 10.7. The lowest BCUT2D eigenvalue weighted by atomic mass is 9.90. The van der Waals surface area contributed by atoms with Gasteiger partial charge >= 0.3 is 0 Å². The van der Waals surface area contributed by atoms with Gasteiger partial charge < -0.3 is 10.6 Å². The Labute approximate surface area is 108 Å². The lowest BCUT2D eigenvalue weighted by Gasteiger charge is -2.21. The maximum Gasteiger partial charge on any atom is 0.216 e. The Morgan fingerprint density at radius 1 is 1.47 bits per heavy atom. The van der Waals surface area contributed by atoms with Gasteiger partial charge in [-0.2, -0.15) is 0 Å². The molecule has 5 heteroatoms. The maximum absolute atomic E-state index is 10.7. The van der Waals surface area contributed by atoms with Crippen LogP contribution in [0.3, 0.4) is 0 Å². The van der Waals surface area contributed by atoms with Gasteiger partial charge in [0, 0.05) is 25.3 Å². The lowest BCUT2D eigenvalue weighted by molar-refractivity contribution is -0.118. The van der Waals surface area contributed by atoms with Crippen LogP contribution in [0, 0.1) is 5.41 Å². The second kappa shape index (κ2) is 6.28. The van der Waals surface area contributed by atoms with Gasteiger partial charge in [-0.05, 0) is 11.8 Å². The summed E-state index contributed by atoms with van der Waals surface area (Å²) in [6.07, 6.45) is 1.18. The molecule has 1 aliphatic rings. The van der Waals surface area contributed by atoms with Crippen LogP contribution < -0.4 is 10.6 Å². The standard InChI is InChI=1S/C12H23N3OS/c1-9(16)13-5-6-14-11-15-8-10(17-11)7-12(2,3)4/h10H,5-8H2,1-4H3,(H,13,16)(H,14,15).